The standard InChI is InChI=1S/C12H13O/c1-3-5-10-7-8-12(13)11(9-10)6-4-2/h3-4,6-9,13H,1-2,5H2. The molecule has 1 radical (unpaired) electrons. The normalized spacial score (nSPS) is 9.54. The van der Waals surface area contributed by atoms with Crippen LogP contribution >= 0.6 is 0 Å². The van der Waals surface area contributed by atoms with Crippen molar-refractivity contribution in [2.24, 2.45) is 0 Å². The molecule has 0 aliphatic rings. The lowest BCUT2D eigenvalue weighted by Gasteiger charge is -2.03. The molecule has 67 valence electrons. The monoisotopic (exact) mass is 173 g/mol. The molecule has 0 aliphatic carbocycles. The second-order valence-electron chi connectivity index (χ2n) is 2.79. The number of benzene rings is 1. The van der Waals surface area contributed by atoms with Crippen molar-refractivity contribution in [3.05, 3.63) is 61.1 Å². The van der Waals surface area contributed by atoms with Crippen LogP contribution in [-0.2, 0) is 6.42 Å². The van der Waals surface area contributed by atoms with Crippen molar-refractivity contribution in [3.8, 4) is 5.75 Å². The quantitative estimate of drug-likeness (QED) is 0.694. The van der Waals surface area contributed by atoms with Crippen LogP contribution in [0.25, 0.3) is 0 Å². The Morgan fingerprint density at radius 1 is 1.31 bits per heavy atom. The molecule has 0 aliphatic heterocycles. The summed E-state index contributed by atoms with van der Waals surface area (Å²) in [5.74, 6) is 0.285. The Kier molecular flexibility index (Phi) is 3.32. The smallest absolute Gasteiger partial charge is 0.119 e. The summed E-state index contributed by atoms with van der Waals surface area (Å²) in [6.07, 6.45) is 6.09. The molecular weight excluding hydrogens is 160 g/mol. The van der Waals surface area contributed by atoms with E-state index in [0.717, 1.165) is 17.5 Å². The fourth-order valence-electron chi connectivity index (χ4n) is 1.16. The van der Waals surface area contributed by atoms with Gasteiger partial charge in [-0.25, -0.2) is 0 Å². The summed E-state index contributed by atoms with van der Waals surface area (Å²) in [6, 6.07) is 5.50. The fraction of sp³-hybridized carbons (Fsp3) is 0.0833. The van der Waals surface area contributed by atoms with Crippen LogP contribution in [0.5, 0.6) is 5.75 Å². The van der Waals surface area contributed by atoms with Crippen LogP contribution in [0.2, 0.25) is 0 Å². The summed E-state index contributed by atoms with van der Waals surface area (Å²) < 4.78 is 0. The highest BCUT2D eigenvalue weighted by atomic mass is 16.3. The number of aromatic hydroxyl groups is 1. The molecule has 0 bridgehead atoms. The minimum Gasteiger partial charge on any atom is -0.508 e. The first-order chi connectivity index (χ1) is 6.27. The summed E-state index contributed by atoms with van der Waals surface area (Å²) in [7, 11) is 0. The molecule has 0 amide bonds. The molecule has 0 unspecified atom stereocenters. The predicted octanol–water partition coefficient (Wildman–Crippen LogP) is 2.86. The number of rotatable bonds is 4. The van der Waals surface area contributed by atoms with E-state index >= 15 is 0 Å². The summed E-state index contributed by atoms with van der Waals surface area (Å²) >= 11 is 0. The first-order valence-electron chi connectivity index (χ1n) is 4.16. The third-order valence-corrected chi connectivity index (χ3v) is 1.77. The van der Waals surface area contributed by atoms with Gasteiger partial charge in [0, 0.05) is 12.0 Å². The van der Waals surface area contributed by atoms with Crippen molar-refractivity contribution < 1.29 is 5.11 Å². The molecule has 1 heteroatoms. The molecule has 1 rings (SSSR count). The zero-order chi connectivity index (χ0) is 9.68. The van der Waals surface area contributed by atoms with Gasteiger partial charge >= 0.3 is 0 Å². The maximum atomic E-state index is 9.43. The first-order valence-corrected chi connectivity index (χ1v) is 4.16. The number of phenols is 1. The Bertz CT molecular complexity index is 313. The molecule has 1 aromatic carbocycles. The van der Waals surface area contributed by atoms with Gasteiger partial charge in [-0.3, -0.25) is 0 Å². The van der Waals surface area contributed by atoms with Crippen LogP contribution in [0.1, 0.15) is 11.1 Å². The van der Waals surface area contributed by atoms with Gasteiger partial charge in [0.15, 0.2) is 0 Å². The number of hydrogen-bond donors (Lipinski definition) is 1. The highest BCUT2D eigenvalue weighted by Gasteiger charge is 1.99. The fourth-order valence-corrected chi connectivity index (χ4v) is 1.16. The van der Waals surface area contributed by atoms with E-state index in [0.29, 0.717) is 0 Å². The van der Waals surface area contributed by atoms with Gasteiger partial charge in [0.2, 0.25) is 0 Å². The van der Waals surface area contributed by atoms with Crippen molar-refractivity contribution in [3.63, 3.8) is 0 Å². The second-order valence-corrected chi connectivity index (χ2v) is 2.79. The summed E-state index contributed by atoms with van der Waals surface area (Å²) in [5.41, 5.74) is 1.94. The molecule has 0 spiro atoms. The third kappa shape index (κ3) is 2.48. The average Bonchev–Trinajstić information content (AvgIpc) is 2.12. The van der Waals surface area contributed by atoms with E-state index in [9.17, 15) is 5.11 Å². The first kappa shape index (κ1) is 9.59. The SMILES string of the molecule is C=C[CH]c1cc(CC=C)ccc1O. The van der Waals surface area contributed by atoms with Crippen molar-refractivity contribution >= 4 is 0 Å². The molecule has 0 fully saturated rings. The van der Waals surface area contributed by atoms with E-state index in [4.69, 9.17) is 0 Å². The topological polar surface area (TPSA) is 20.2 Å². The van der Waals surface area contributed by atoms with E-state index in [1.54, 1.807) is 18.6 Å². The third-order valence-electron chi connectivity index (χ3n) is 1.77. The summed E-state index contributed by atoms with van der Waals surface area (Å²) in [6.45, 7) is 7.25. The number of allylic oxidation sites excluding steroid dienone is 2. The zero-order valence-electron chi connectivity index (χ0n) is 7.53. The van der Waals surface area contributed by atoms with E-state index in [1.165, 1.54) is 0 Å². The minimum absolute atomic E-state index is 0.285. The van der Waals surface area contributed by atoms with Gasteiger partial charge in [0.1, 0.15) is 5.75 Å². The van der Waals surface area contributed by atoms with Crippen LogP contribution in [0.4, 0.5) is 0 Å². The Morgan fingerprint density at radius 3 is 2.69 bits per heavy atom. The van der Waals surface area contributed by atoms with Crippen molar-refractivity contribution in [2.75, 3.05) is 0 Å². The lowest BCUT2D eigenvalue weighted by atomic mass is 10.0. The number of phenolic OH excluding ortho intramolecular Hbond substituents is 1. The van der Waals surface area contributed by atoms with Gasteiger partial charge in [-0.2, -0.15) is 0 Å². The highest BCUT2D eigenvalue weighted by molar-refractivity contribution is 5.43. The Labute approximate surface area is 79.0 Å². The van der Waals surface area contributed by atoms with E-state index in [2.05, 4.69) is 13.2 Å². The largest absolute Gasteiger partial charge is 0.508 e. The van der Waals surface area contributed by atoms with Gasteiger partial charge in [0.25, 0.3) is 0 Å². The summed E-state index contributed by atoms with van der Waals surface area (Å²) in [5, 5.41) is 9.43. The Balaban J connectivity index is 2.95. The molecule has 1 nitrogen and oxygen atoms in total. The van der Waals surface area contributed by atoms with Crippen molar-refractivity contribution in [2.45, 2.75) is 6.42 Å². The van der Waals surface area contributed by atoms with Crippen LogP contribution in [-0.4, -0.2) is 5.11 Å². The van der Waals surface area contributed by atoms with Gasteiger partial charge < -0.3 is 5.11 Å². The van der Waals surface area contributed by atoms with E-state index in [1.807, 2.05) is 18.2 Å². The molecule has 0 atom stereocenters. The minimum atomic E-state index is 0.285. The van der Waals surface area contributed by atoms with Crippen molar-refractivity contribution in [1.29, 1.82) is 0 Å². The van der Waals surface area contributed by atoms with Gasteiger partial charge in [-0.1, -0.05) is 24.3 Å². The molecule has 0 heterocycles. The maximum absolute atomic E-state index is 9.43. The lowest BCUT2D eigenvalue weighted by Crippen LogP contribution is -1.85. The van der Waals surface area contributed by atoms with E-state index < -0.39 is 0 Å². The zero-order valence-corrected chi connectivity index (χ0v) is 7.53. The highest BCUT2D eigenvalue weighted by Crippen LogP contribution is 2.20. The van der Waals surface area contributed by atoms with Gasteiger partial charge in [-0.05, 0) is 18.1 Å². The average molecular weight is 173 g/mol. The molecule has 0 saturated heterocycles. The van der Waals surface area contributed by atoms with Gasteiger partial charge in [0.05, 0.1) is 0 Å². The predicted molar refractivity (Wildman–Crippen MR) is 55.6 cm³/mol. The second kappa shape index (κ2) is 4.51. The van der Waals surface area contributed by atoms with Crippen LogP contribution in [0, 0.1) is 6.42 Å². The molecule has 1 N–H and O–H groups in total. The maximum Gasteiger partial charge on any atom is 0.119 e. The molecule has 0 saturated carbocycles. The van der Waals surface area contributed by atoms with E-state index in [-0.39, 0.29) is 5.75 Å². The Morgan fingerprint density at radius 2 is 2.08 bits per heavy atom. The molecule has 13 heavy (non-hydrogen) atoms. The van der Waals surface area contributed by atoms with Crippen molar-refractivity contribution in [1.82, 2.24) is 0 Å². The molecule has 0 aromatic heterocycles. The van der Waals surface area contributed by atoms with Crippen LogP contribution in [0.3, 0.4) is 0 Å². The van der Waals surface area contributed by atoms with Crippen LogP contribution in [0.15, 0.2) is 43.5 Å². The van der Waals surface area contributed by atoms with Crippen LogP contribution < -0.4 is 0 Å². The molecule has 1 aromatic rings. The Hall–Kier alpha value is -1.50. The molecular formula is C12H13O. The summed E-state index contributed by atoms with van der Waals surface area (Å²) in [4.78, 5) is 0. The van der Waals surface area contributed by atoms with Gasteiger partial charge in [-0.15, -0.1) is 13.2 Å². The number of hydrogen-bond acceptors (Lipinski definition) is 1. The lowest BCUT2D eigenvalue weighted by molar-refractivity contribution is 0.472.